The molecule has 2 aromatic rings. The molecule has 0 aliphatic rings. The van der Waals surface area contributed by atoms with Gasteiger partial charge in [-0.05, 0) is 42.3 Å². The van der Waals surface area contributed by atoms with E-state index in [2.05, 4.69) is 21.2 Å². The van der Waals surface area contributed by atoms with Gasteiger partial charge in [0.15, 0.2) is 0 Å². The van der Waals surface area contributed by atoms with E-state index in [-0.39, 0.29) is 5.69 Å². The van der Waals surface area contributed by atoms with Crippen LogP contribution in [0.5, 0.6) is 0 Å². The third-order valence-corrected chi connectivity index (χ3v) is 3.53. The lowest BCUT2D eigenvalue weighted by molar-refractivity contribution is -0.384. The number of anilines is 3. The Labute approximate surface area is 130 Å². The van der Waals surface area contributed by atoms with Gasteiger partial charge in [0.25, 0.3) is 5.69 Å². The Hall–Kier alpha value is -2.28. The summed E-state index contributed by atoms with van der Waals surface area (Å²) in [5.41, 5.74) is 14.3. The van der Waals surface area contributed by atoms with Crippen LogP contribution in [0, 0.1) is 10.1 Å². The topological polar surface area (TPSA) is 107 Å². The quantitative estimate of drug-likeness (QED) is 0.436. The number of nitrogen functional groups attached to an aromatic ring is 2. The van der Waals surface area contributed by atoms with E-state index in [9.17, 15) is 10.1 Å². The Kier molecular flexibility index (Phi) is 4.64. The Bertz CT molecular complexity index is 676. The number of nitrogens with two attached hydrogens (primary N) is 2. The van der Waals surface area contributed by atoms with Crippen molar-refractivity contribution in [2.24, 2.45) is 0 Å². The van der Waals surface area contributed by atoms with Crippen molar-refractivity contribution in [3.63, 3.8) is 0 Å². The molecule has 21 heavy (non-hydrogen) atoms. The van der Waals surface area contributed by atoms with Gasteiger partial charge in [0.1, 0.15) is 5.69 Å². The first-order chi connectivity index (χ1) is 9.97. The maximum atomic E-state index is 11.0. The molecule has 2 aromatic carbocycles. The van der Waals surface area contributed by atoms with Gasteiger partial charge in [-0.25, -0.2) is 0 Å². The minimum Gasteiger partial charge on any atom is -0.399 e. The van der Waals surface area contributed by atoms with Crippen LogP contribution < -0.4 is 16.8 Å². The third kappa shape index (κ3) is 3.85. The van der Waals surface area contributed by atoms with Crippen LogP contribution in [0.25, 0.3) is 0 Å². The van der Waals surface area contributed by atoms with Gasteiger partial charge in [0.2, 0.25) is 0 Å². The number of halogens is 1. The fraction of sp³-hybridized carbons (Fsp3) is 0.143. The predicted octanol–water partition coefficient (Wildman–Crippen LogP) is 3.18. The number of benzene rings is 2. The molecule has 0 amide bonds. The van der Waals surface area contributed by atoms with Crippen molar-refractivity contribution in [1.82, 2.24) is 0 Å². The predicted molar refractivity (Wildman–Crippen MR) is 88.3 cm³/mol. The van der Waals surface area contributed by atoms with E-state index in [1.54, 1.807) is 24.3 Å². The van der Waals surface area contributed by atoms with Gasteiger partial charge < -0.3 is 16.8 Å². The largest absolute Gasteiger partial charge is 0.399 e. The molecule has 0 aliphatic heterocycles. The Balaban J connectivity index is 2.07. The van der Waals surface area contributed by atoms with Gasteiger partial charge in [0, 0.05) is 28.5 Å². The smallest absolute Gasteiger partial charge is 0.293 e. The van der Waals surface area contributed by atoms with Gasteiger partial charge in [-0.1, -0.05) is 15.9 Å². The van der Waals surface area contributed by atoms with Crippen molar-refractivity contribution in [3.8, 4) is 0 Å². The molecular formula is C14H15BrN4O2. The van der Waals surface area contributed by atoms with E-state index in [0.29, 0.717) is 34.5 Å². The monoisotopic (exact) mass is 350 g/mol. The van der Waals surface area contributed by atoms with E-state index in [1.165, 1.54) is 6.07 Å². The first-order valence-corrected chi connectivity index (χ1v) is 7.08. The Morgan fingerprint density at radius 1 is 1.19 bits per heavy atom. The van der Waals surface area contributed by atoms with Crippen LogP contribution in [-0.4, -0.2) is 11.5 Å². The second-order valence-electron chi connectivity index (χ2n) is 4.55. The minimum absolute atomic E-state index is 0.0323. The van der Waals surface area contributed by atoms with Crippen LogP contribution in [0.15, 0.2) is 40.9 Å². The van der Waals surface area contributed by atoms with Crippen LogP contribution >= 0.6 is 15.9 Å². The van der Waals surface area contributed by atoms with Crippen molar-refractivity contribution < 1.29 is 4.92 Å². The molecule has 0 spiro atoms. The van der Waals surface area contributed by atoms with Gasteiger partial charge in [-0.15, -0.1) is 0 Å². The average molecular weight is 351 g/mol. The number of hydrogen-bond acceptors (Lipinski definition) is 5. The standard InChI is InChI=1S/C14H15BrN4O2/c15-10-1-4-13(14(8-10)19(20)21)18-6-5-9-7-11(16)2-3-12(9)17/h1-4,7-8,18H,5-6,16-17H2. The molecule has 6 nitrogen and oxygen atoms in total. The minimum atomic E-state index is -0.415. The maximum Gasteiger partial charge on any atom is 0.293 e. The molecule has 0 radical (unpaired) electrons. The molecule has 0 saturated carbocycles. The van der Waals surface area contributed by atoms with Crippen molar-refractivity contribution in [2.45, 2.75) is 6.42 Å². The van der Waals surface area contributed by atoms with Crippen LogP contribution in [-0.2, 0) is 6.42 Å². The summed E-state index contributed by atoms with van der Waals surface area (Å²) < 4.78 is 0.667. The first-order valence-electron chi connectivity index (χ1n) is 6.29. The van der Waals surface area contributed by atoms with E-state index in [1.807, 2.05) is 6.07 Å². The molecule has 0 aliphatic carbocycles. The molecule has 0 fully saturated rings. The van der Waals surface area contributed by atoms with Gasteiger partial charge in [-0.2, -0.15) is 0 Å². The zero-order chi connectivity index (χ0) is 15.4. The zero-order valence-electron chi connectivity index (χ0n) is 11.2. The second-order valence-corrected chi connectivity index (χ2v) is 5.47. The van der Waals surface area contributed by atoms with E-state index < -0.39 is 4.92 Å². The number of rotatable bonds is 5. The number of nitrogens with one attached hydrogen (secondary N) is 1. The lowest BCUT2D eigenvalue weighted by Gasteiger charge is -2.09. The normalized spacial score (nSPS) is 10.3. The zero-order valence-corrected chi connectivity index (χ0v) is 12.8. The summed E-state index contributed by atoms with van der Waals surface area (Å²) >= 11 is 3.22. The van der Waals surface area contributed by atoms with Crippen molar-refractivity contribution >= 4 is 38.7 Å². The number of hydrogen-bond donors (Lipinski definition) is 3. The SMILES string of the molecule is Nc1ccc(N)c(CCNc2ccc(Br)cc2[N+](=O)[O-])c1. The van der Waals surface area contributed by atoms with Gasteiger partial charge in [-0.3, -0.25) is 10.1 Å². The third-order valence-electron chi connectivity index (χ3n) is 3.03. The summed E-state index contributed by atoms with van der Waals surface area (Å²) in [6.45, 7) is 0.524. The van der Waals surface area contributed by atoms with Crippen LogP contribution in [0.3, 0.4) is 0 Å². The molecule has 7 heteroatoms. The van der Waals surface area contributed by atoms with Crippen LogP contribution in [0.4, 0.5) is 22.7 Å². The average Bonchev–Trinajstić information content (AvgIpc) is 2.44. The van der Waals surface area contributed by atoms with Crippen LogP contribution in [0.1, 0.15) is 5.56 Å². The highest BCUT2D eigenvalue weighted by atomic mass is 79.9. The van der Waals surface area contributed by atoms with E-state index >= 15 is 0 Å². The van der Waals surface area contributed by atoms with Gasteiger partial charge >= 0.3 is 0 Å². The van der Waals surface area contributed by atoms with Crippen molar-refractivity contribution in [3.05, 3.63) is 56.5 Å². The van der Waals surface area contributed by atoms with Crippen LogP contribution in [0.2, 0.25) is 0 Å². The Morgan fingerprint density at radius 2 is 1.95 bits per heavy atom. The molecule has 0 heterocycles. The van der Waals surface area contributed by atoms with Gasteiger partial charge in [0.05, 0.1) is 4.92 Å². The number of nitro groups is 1. The number of nitro benzene ring substituents is 1. The molecule has 0 bridgehead atoms. The van der Waals surface area contributed by atoms with E-state index in [4.69, 9.17) is 11.5 Å². The second kappa shape index (κ2) is 6.45. The highest BCUT2D eigenvalue weighted by Gasteiger charge is 2.13. The summed E-state index contributed by atoms with van der Waals surface area (Å²) in [7, 11) is 0. The van der Waals surface area contributed by atoms with Crippen molar-refractivity contribution in [2.75, 3.05) is 23.3 Å². The summed E-state index contributed by atoms with van der Waals surface area (Å²) in [6, 6.07) is 10.2. The fourth-order valence-corrected chi connectivity index (χ4v) is 2.33. The van der Waals surface area contributed by atoms with Crippen molar-refractivity contribution in [1.29, 1.82) is 0 Å². The maximum absolute atomic E-state index is 11.0. The highest BCUT2D eigenvalue weighted by molar-refractivity contribution is 9.10. The summed E-state index contributed by atoms with van der Waals surface area (Å²) in [4.78, 5) is 10.6. The molecule has 0 unspecified atom stereocenters. The number of nitrogens with zero attached hydrogens (tertiary/aromatic N) is 1. The fourth-order valence-electron chi connectivity index (χ4n) is 1.98. The highest BCUT2D eigenvalue weighted by Crippen LogP contribution is 2.28. The lowest BCUT2D eigenvalue weighted by atomic mass is 10.1. The molecule has 0 aromatic heterocycles. The lowest BCUT2D eigenvalue weighted by Crippen LogP contribution is -2.08. The molecule has 5 N–H and O–H groups in total. The summed E-state index contributed by atoms with van der Waals surface area (Å²) in [5.74, 6) is 0. The summed E-state index contributed by atoms with van der Waals surface area (Å²) in [5, 5.41) is 14.1. The first kappa shape index (κ1) is 15.1. The van der Waals surface area contributed by atoms with E-state index in [0.717, 1.165) is 5.56 Å². The Morgan fingerprint density at radius 3 is 2.67 bits per heavy atom. The molecule has 0 atom stereocenters. The molecule has 110 valence electrons. The summed E-state index contributed by atoms with van der Waals surface area (Å²) in [6.07, 6.45) is 0.629. The molecular weight excluding hydrogens is 336 g/mol. The molecule has 2 rings (SSSR count). The molecule has 0 saturated heterocycles.